The Morgan fingerprint density at radius 2 is 0.936 bits per heavy atom. The summed E-state index contributed by atoms with van der Waals surface area (Å²) in [4.78, 5) is 7.78. The van der Waals surface area contributed by atoms with Crippen molar-refractivity contribution in [1.82, 2.24) is 0 Å². The molecule has 0 atom stereocenters. The quantitative estimate of drug-likeness (QED) is 0.154. The lowest BCUT2D eigenvalue weighted by Crippen LogP contribution is -2.60. The second kappa shape index (κ2) is 18.1. The van der Waals surface area contributed by atoms with Crippen molar-refractivity contribution in [2.45, 2.75) is 105 Å². The van der Waals surface area contributed by atoms with Gasteiger partial charge in [0.05, 0.1) is 11.4 Å². The van der Waals surface area contributed by atoms with Gasteiger partial charge >= 0.3 is 0 Å². The number of thiophene rings is 2. The monoisotopic (exact) mass is 1050 g/mol. The van der Waals surface area contributed by atoms with Crippen LogP contribution in [0.25, 0.3) is 41.4 Å². The van der Waals surface area contributed by atoms with Gasteiger partial charge in [0, 0.05) is 80.4 Å². The second-order valence-electron chi connectivity index (χ2n) is 25.9. The highest BCUT2D eigenvalue weighted by atomic mass is 32.1. The van der Waals surface area contributed by atoms with Gasteiger partial charge in [-0.1, -0.05) is 186 Å². The summed E-state index contributed by atoms with van der Waals surface area (Å²) in [7, 11) is 0. The number of fused-ring (bicyclic) bond motifs is 9. The SMILES string of the molecule is CC(C)(C)c1ccc(N(c2ccc3c(c2)N(c2ccc4sc5ccccc5c4c2)c2cc(C(C)(C)C)cc4c2B3c2sc3ccc(C(C)(C)C)cc3c2N4c2ccc(C(C)(C)C)cc2)c2ccccc2-c2ccccc2)cc1. The first-order chi connectivity index (χ1) is 37.2. The van der Waals surface area contributed by atoms with Crippen LogP contribution in [-0.2, 0) is 21.7 Å². The van der Waals surface area contributed by atoms with E-state index in [0.29, 0.717) is 0 Å². The van der Waals surface area contributed by atoms with E-state index in [9.17, 15) is 0 Å². The Morgan fingerprint density at radius 3 is 1.63 bits per heavy atom. The highest BCUT2D eigenvalue weighted by Gasteiger charge is 2.46. The summed E-state index contributed by atoms with van der Waals surface area (Å²) < 4.78 is 5.30. The van der Waals surface area contributed by atoms with E-state index in [4.69, 9.17) is 0 Å². The first-order valence-electron chi connectivity index (χ1n) is 27.8. The molecule has 13 rings (SSSR count). The van der Waals surface area contributed by atoms with E-state index in [-0.39, 0.29) is 28.4 Å². The maximum Gasteiger partial charge on any atom is 0.264 e. The third-order valence-electron chi connectivity index (χ3n) is 16.5. The number of benzene rings is 9. The summed E-state index contributed by atoms with van der Waals surface area (Å²) in [6.45, 7) is 27.9. The average Bonchev–Trinajstić information content (AvgIpc) is 3.38. The molecule has 78 heavy (non-hydrogen) atoms. The van der Waals surface area contributed by atoms with Crippen LogP contribution in [0.3, 0.4) is 0 Å². The zero-order valence-electron chi connectivity index (χ0n) is 47.2. The van der Waals surface area contributed by atoms with Crippen LogP contribution >= 0.6 is 22.7 Å². The minimum atomic E-state index is -0.169. The van der Waals surface area contributed by atoms with Crippen LogP contribution in [0.5, 0.6) is 0 Å². The third-order valence-corrected chi connectivity index (χ3v) is 18.8. The molecule has 0 saturated carbocycles. The molecule has 3 nitrogen and oxygen atoms in total. The van der Waals surface area contributed by atoms with Gasteiger partial charge in [0.2, 0.25) is 0 Å². The van der Waals surface area contributed by atoms with E-state index in [2.05, 4.69) is 292 Å². The van der Waals surface area contributed by atoms with Crippen molar-refractivity contribution in [2.24, 2.45) is 0 Å². The van der Waals surface area contributed by atoms with Crippen LogP contribution in [0.2, 0.25) is 0 Å². The largest absolute Gasteiger partial charge is 0.311 e. The molecule has 4 heterocycles. The molecule has 6 heteroatoms. The minimum Gasteiger partial charge on any atom is -0.311 e. The Balaban J connectivity index is 1.14. The summed E-state index contributed by atoms with van der Waals surface area (Å²) in [5.74, 6) is 0. The lowest BCUT2D eigenvalue weighted by molar-refractivity contribution is 0.590. The molecule has 0 bridgehead atoms. The van der Waals surface area contributed by atoms with Crippen LogP contribution < -0.4 is 30.4 Å². The Labute approximate surface area is 470 Å². The third kappa shape index (κ3) is 8.37. The van der Waals surface area contributed by atoms with E-state index in [1.165, 1.54) is 108 Å². The molecule has 9 aromatic carbocycles. The fraction of sp³-hybridized carbons (Fsp3) is 0.222. The summed E-state index contributed by atoms with van der Waals surface area (Å²) in [6.07, 6.45) is 0. The van der Waals surface area contributed by atoms with Crippen LogP contribution in [0.1, 0.15) is 105 Å². The van der Waals surface area contributed by atoms with Crippen molar-refractivity contribution in [3.05, 3.63) is 216 Å². The lowest BCUT2D eigenvalue weighted by Gasteiger charge is -2.44. The van der Waals surface area contributed by atoms with E-state index in [0.717, 1.165) is 22.7 Å². The van der Waals surface area contributed by atoms with Crippen LogP contribution in [0.4, 0.5) is 51.2 Å². The fourth-order valence-corrected chi connectivity index (χ4v) is 14.5. The van der Waals surface area contributed by atoms with E-state index < -0.39 is 0 Å². The van der Waals surface area contributed by atoms with Gasteiger partial charge < -0.3 is 14.7 Å². The first kappa shape index (κ1) is 50.1. The van der Waals surface area contributed by atoms with Crippen molar-refractivity contribution >= 4 is 127 Å². The molecule has 2 aliphatic heterocycles. The standard InChI is InChI=1S/C72H68BN3S2/c1-69(2,3)46-26-31-50(32-27-46)74(59-24-18-16-22-54(59)45-20-14-13-15-21-45)53-35-37-58-60(44-53)75(52-36-39-64-56(43-52)55-23-17-19-25-63(55)77-64)61-41-49(72(10,11)12)42-62-66(61)73(58)68-67(57-40-48(71(7,8)9)30-38-65(57)78-68)76(62)51-33-28-47(29-34-51)70(4,5)6/h13-44H,1-12H3. The zero-order chi connectivity index (χ0) is 54.2. The molecule has 0 N–H and O–H groups in total. The predicted octanol–water partition coefficient (Wildman–Crippen LogP) is 19.7. The molecule has 0 radical (unpaired) electrons. The van der Waals surface area contributed by atoms with Gasteiger partial charge in [-0.2, -0.15) is 0 Å². The van der Waals surface area contributed by atoms with Gasteiger partial charge in [-0.25, -0.2) is 0 Å². The number of rotatable bonds is 6. The summed E-state index contributed by atoms with van der Waals surface area (Å²) >= 11 is 3.86. The predicted molar refractivity (Wildman–Crippen MR) is 344 cm³/mol. The van der Waals surface area contributed by atoms with E-state index in [1.54, 1.807) is 0 Å². The van der Waals surface area contributed by atoms with E-state index in [1.807, 2.05) is 22.7 Å². The summed E-state index contributed by atoms with van der Waals surface area (Å²) in [5.41, 5.74) is 20.8. The molecule has 0 aliphatic carbocycles. The molecule has 0 fully saturated rings. The Bertz CT molecular complexity index is 4140. The number of anilines is 9. The molecule has 2 aromatic heterocycles. The molecule has 2 aliphatic rings. The first-order valence-corrected chi connectivity index (χ1v) is 29.4. The van der Waals surface area contributed by atoms with Crippen LogP contribution in [0, 0.1) is 0 Å². The smallest absolute Gasteiger partial charge is 0.264 e. The molecular formula is C72H68BN3S2. The van der Waals surface area contributed by atoms with Gasteiger partial charge in [-0.3, -0.25) is 0 Å². The number of hydrogen-bond acceptors (Lipinski definition) is 5. The molecular weight excluding hydrogens is 982 g/mol. The van der Waals surface area contributed by atoms with Crippen molar-refractivity contribution in [1.29, 1.82) is 0 Å². The van der Waals surface area contributed by atoms with Gasteiger partial charge in [0.15, 0.2) is 0 Å². The summed E-state index contributed by atoms with van der Waals surface area (Å²) in [6, 6.07) is 74.5. The summed E-state index contributed by atoms with van der Waals surface area (Å²) in [5, 5.41) is 3.90. The highest BCUT2D eigenvalue weighted by molar-refractivity contribution is 7.33. The number of hydrogen-bond donors (Lipinski definition) is 0. The molecule has 386 valence electrons. The molecule has 11 aromatic rings. The Morgan fingerprint density at radius 1 is 0.385 bits per heavy atom. The van der Waals surface area contributed by atoms with Crippen molar-refractivity contribution in [3.63, 3.8) is 0 Å². The zero-order valence-corrected chi connectivity index (χ0v) is 48.8. The van der Waals surface area contributed by atoms with Gasteiger partial charge in [0.25, 0.3) is 6.71 Å². The molecule has 0 saturated heterocycles. The Hall–Kier alpha value is -7.38. The molecule has 0 amide bonds. The maximum absolute atomic E-state index is 2.65. The van der Waals surface area contributed by atoms with Gasteiger partial charge in [0.1, 0.15) is 0 Å². The number of nitrogens with zero attached hydrogens (tertiary/aromatic N) is 3. The molecule has 0 unspecified atom stereocenters. The maximum atomic E-state index is 2.65. The Kier molecular flexibility index (Phi) is 11.6. The fourth-order valence-electron chi connectivity index (χ4n) is 12.1. The second-order valence-corrected chi connectivity index (χ2v) is 28.1. The van der Waals surface area contributed by atoms with E-state index >= 15 is 0 Å². The normalized spacial score (nSPS) is 13.6. The van der Waals surface area contributed by atoms with Crippen molar-refractivity contribution in [2.75, 3.05) is 14.7 Å². The average molecular weight is 1050 g/mol. The van der Waals surface area contributed by atoms with Gasteiger partial charge in [-0.15, -0.1) is 22.7 Å². The highest BCUT2D eigenvalue weighted by Crippen LogP contribution is 2.52. The number of para-hydroxylation sites is 1. The van der Waals surface area contributed by atoms with Crippen LogP contribution in [-0.4, -0.2) is 6.71 Å². The van der Waals surface area contributed by atoms with Gasteiger partial charge in [-0.05, 0) is 151 Å². The molecule has 0 spiro atoms. The minimum absolute atomic E-state index is 0.00980. The van der Waals surface area contributed by atoms with Crippen LogP contribution in [0.15, 0.2) is 194 Å². The van der Waals surface area contributed by atoms with Crippen molar-refractivity contribution in [3.8, 4) is 11.1 Å². The topological polar surface area (TPSA) is 9.72 Å². The lowest BCUT2D eigenvalue weighted by atomic mass is 9.36. The van der Waals surface area contributed by atoms with Crippen molar-refractivity contribution < 1.29 is 0 Å².